The summed E-state index contributed by atoms with van der Waals surface area (Å²) in [6.07, 6.45) is 5.87. The van der Waals surface area contributed by atoms with Gasteiger partial charge in [0.1, 0.15) is 0 Å². The smallest absolute Gasteiger partial charge is 0.253 e. The van der Waals surface area contributed by atoms with Crippen LogP contribution in [0.1, 0.15) is 42.5 Å². The molecule has 1 heterocycles. The minimum Gasteiger partial charge on any atom is -0.376 e. The summed E-state index contributed by atoms with van der Waals surface area (Å²) in [6.45, 7) is 2.30. The second kappa shape index (κ2) is 8.99. The Kier molecular flexibility index (Phi) is 5.98. The van der Waals surface area contributed by atoms with E-state index in [0.29, 0.717) is 17.3 Å². The van der Waals surface area contributed by atoms with Gasteiger partial charge in [0.25, 0.3) is 5.91 Å². The van der Waals surface area contributed by atoms with Gasteiger partial charge in [-0.15, -0.1) is 0 Å². The van der Waals surface area contributed by atoms with Gasteiger partial charge in [0.15, 0.2) is 0 Å². The molecule has 0 spiro atoms. The van der Waals surface area contributed by atoms with Crippen molar-refractivity contribution >= 4 is 28.9 Å². The molecule has 1 aliphatic carbocycles. The summed E-state index contributed by atoms with van der Waals surface area (Å²) in [4.78, 5) is 27.1. The number of anilines is 3. The van der Waals surface area contributed by atoms with Crippen molar-refractivity contribution in [3.8, 4) is 0 Å². The Balaban J connectivity index is 1.30. The summed E-state index contributed by atoms with van der Waals surface area (Å²) in [6, 6.07) is 15.6. The van der Waals surface area contributed by atoms with E-state index >= 15 is 0 Å². The van der Waals surface area contributed by atoms with E-state index in [9.17, 15) is 9.59 Å². The monoisotopic (exact) mass is 392 g/mol. The van der Waals surface area contributed by atoms with Crippen LogP contribution in [0.2, 0.25) is 0 Å². The molecule has 2 aliphatic rings. The van der Waals surface area contributed by atoms with Crippen molar-refractivity contribution in [2.24, 2.45) is 0 Å². The highest BCUT2D eigenvalue weighted by molar-refractivity contribution is 6.01. The van der Waals surface area contributed by atoms with Gasteiger partial charge >= 0.3 is 0 Å². The molecule has 1 saturated carbocycles. The second-order valence-corrected chi connectivity index (χ2v) is 7.79. The highest BCUT2D eigenvalue weighted by Crippen LogP contribution is 2.23. The molecule has 152 valence electrons. The van der Waals surface area contributed by atoms with Gasteiger partial charge in [-0.1, -0.05) is 12.1 Å². The fourth-order valence-corrected chi connectivity index (χ4v) is 3.61. The molecular formula is C23H28N4O2. The quantitative estimate of drug-likeness (QED) is 0.673. The predicted molar refractivity (Wildman–Crippen MR) is 117 cm³/mol. The fraction of sp³-hybridized carbons (Fsp3) is 0.391. The van der Waals surface area contributed by atoms with E-state index in [0.717, 1.165) is 31.6 Å². The van der Waals surface area contributed by atoms with Crippen LogP contribution in [0.15, 0.2) is 48.5 Å². The van der Waals surface area contributed by atoms with Crippen LogP contribution in [0, 0.1) is 0 Å². The summed E-state index contributed by atoms with van der Waals surface area (Å²) in [7, 11) is 0. The number of nitrogens with zero attached hydrogens (tertiary/aromatic N) is 1. The molecule has 0 atom stereocenters. The Morgan fingerprint density at radius 3 is 2.38 bits per heavy atom. The van der Waals surface area contributed by atoms with E-state index in [2.05, 4.69) is 33.0 Å². The Hall–Kier alpha value is -3.02. The molecule has 4 rings (SSSR count). The van der Waals surface area contributed by atoms with Crippen molar-refractivity contribution in [3.63, 3.8) is 0 Å². The van der Waals surface area contributed by atoms with Crippen molar-refractivity contribution in [1.29, 1.82) is 0 Å². The third kappa shape index (κ3) is 5.28. The molecule has 29 heavy (non-hydrogen) atoms. The molecule has 2 aromatic rings. The van der Waals surface area contributed by atoms with Gasteiger partial charge in [-0.3, -0.25) is 9.59 Å². The average Bonchev–Trinajstić information content (AvgIpc) is 3.57. The highest BCUT2D eigenvalue weighted by atomic mass is 16.2. The summed E-state index contributed by atoms with van der Waals surface area (Å²) in [5.74, 6) is -0.238. The number of benzene rings is 2. The van der Waals surface area contributed by atoms with Gasteiger partial charge in [-0.25, -0.2) is 0 Å². The molecule has 2 amide bonds. The van der Waals surface area contributed by atoms with Gasteiger partial charge in [-0.05, 0) is 68.5 Å². The maximum absolute atomic E-state index is 12.4. The molecule has 1 aliphatic heterocycles. The lowest BCUT2D eigenvalue weighted by atomic mass is 10.1. The van der Waals surface area contributed by atoms with Crippen molar-refractivity contribution in [2.75, 3.05) is 35.2 Å². The molecule has 0 unspecified atom stereocenters. The number of hydrogen-bond acceptors (Lipinski definition) is 4. The second-order valence-electron chi connectivity index (χ2n) is 7.79. The number of carbonyl (C=O) groups is 2. The third-order valence-corrected chi connectivity index (χ3v) is 5.40. The van der Waals surface area contributed by atoms with Crippen molar-refractivity contribution in [1.82, 2.24) is 5.32 Å². The third-order valence-electron chi connectivity index (χ3n) is 5.40. The van der Waals surface area contributed by atoms with Crippen molar-refractivity contribution < 1.29 is 9.59 Å². The van der Waals surface area contributed by atoms with Gasteiger partial charge in [0.2, 0.25) is 5.91 Å². The summed E-state index contributed by atoms with van der Waals surface area (Å²) in [5.41, 5.74) is 3.22. The summed E-state index contributed by atoms with van der Waals surface area (Å²) in [5, 5.41) is 8.99. The average molecular weight is 393 g/mol. The molecule has 2 fully saturated rings. The summed E-state index contributed by atoms with van der Waals surface area (Å²) >= 11 is 0. The Bertz CT molecular complexity index is 855. The largest absolute Gasteiger partial charge is 0.376 e. The number of rotatable bonds is 7. The van der Waals surface area contributed by atoms with E-state index in [1.165, 1.54) is 24.9 Å². The first-order chi connectivity index (χ1) is 14.2. The lowest BCUT2D eigenvalue weighted by Crippen LogP contribution is -2.29. The number of amides is 2. The van der Waals surface area contributed by atoms with Gasteiger partial charge in [-0.2, -0.15) is 0 Å². The van der Waals surface area contributed by atoms with Crippen LogP contribution >= 0.6 is 0 Å². The van der Waals surface area contributed by atoms with Crippen LogP contribution in [0.4, 0.5) is 17.1 Å². The van der Waals surface area contributed by atoms with Crippen molar-refractivity contribution in [2.45, 2.75) is 38.1 Å². The highest BCUT2D eigenvalue weighted by Gasteiger charge is 2.24. The van der Waals surface area contributed by atoms with Crippen LogP contribution < -0.4 is 20.9 Å². The number of piperidine rings is 1. The maximum atomic E-state index is 12.4. The minimum absolute atomic E-state index is 0.0932. The SMILES string of the molecule is O=C(CNc1ccccc1C(=O)NC1CC1)Nc1ccc(N2CCCCC2)cc1. The predicted octanol–water partition coefficient (Wildman–Crippen LogP) is 3.62. The molecule has 2 aromatic carbocycles. The number of carbonyl (C=O) groups excluding carboxylic acids is 2. The van der Waals surface area contributed by atoms with Crippen LogP contribution in [0.25, 0.3) is 0 Å². The molecule has 6 heteroatoms. The molecule has 1 saturated heterocycles. The van der Waals surface area contributed by atoms with Crippen LogP contribution in [-0.4, -0.2) is 37.5 Å². The standard InChI is InChI=1S/C23H28N4O2/c28-22(25-17-10-12-19(13-11-17)27-14-4-1-5-15-27)16-24-21-7-3-2-6-20(21)23(29)26-18-8-9-18/h2-3,6-7,10-13,18,24H,1,4-5,8-9,14-16H2,(H,25,28)(H,26,29). The molecule has 6 nitrogen and oxygen atoms in total. The zero-order chi connectivity index (χ0) is 20.1. The molecular weight excluding hydrogens is 364 g/mol. The number of hydrogen-bond donors (Lipinski definition) is 3. The van der Waals surface area contributed by atoms with Gasteiger partial charge in [0.05, 0.1) is 12.1 Å². The van der Waals surface area contributed by atoms with Gasteiger partial charge < -0.3 is 20.9 Å². The summed E-state index contributed by atoms with van der Waals surface area (Å²) < 4.78 is 0. The van der Waals surface area contributed by atoms with Crippen molar-refractivity contribution in [3.05, 3.63) is 54.1 Å². The normalized spacial score (nSPS) is 16.2. The number of para-hydroxylation sites is 1. The van der Waals surface area contributed by atoms with Gasteiger partial charge in [0, 0.05) is 36.2 Å². The minimum atomic E-state index is -0.145. The molecule has 0 radical (unpaired) electrons. The number of nitrogens with one attached hydrogen (secondary N) is 3. The van der Waals surface area contributed by atoms with E-state index < -0.39 is 0 Å². The van der Waals surface area contributed by atoms with E-state index in [4.69, 9.17) is 0 Å². The van der Waals surface area contributed by atoms with E-state index in [1.54, 1.807) is 6.07 Å². The first-order valence-corrected chi connectivity index (χ1v) is 10.5. The van der Waals surface area contributed by atoms with Crippen LogP contribution in [0.3, 0.4) is 0 Å². The van der Waals surface area contributed by atoms with E-state index in [-0.39, 0.29) is 18.4 Å². The first kappa shape index (κ1) is 19.3. The molecule has 3 N–H and O–H groups in total. The Labute approximate surface area is 171 Å². The maximum Gasteiger partial charge on any atom is 0.253 e. The zero-order valence-corrected chi connectivity index (χ0v) is 16.6. The lowest BCUT2D eigenvalue weighted by Gasteiger charge is -2.28. The lowest BCUT2D eigenvalue weighted by molar-refractivity contribution is -0.114. The van der Waals surface area contributed by atoms with Crippen LogP contribution in [0.5, 0.6) is 0 Å². The van der Waals surface area contributed by atoms with E-state index in [1.807, 2.05) is 30.3 Å². The first-order valence-electron chi connectivity index (χ1n) is 10.5. The Morgan fingerprint density at radius 1 is 0.931 bits per heavy atom. The topological polar surface area (TPSA) is 73.5 Å². The van der Waals surface area contributed by atoms with Crippen LogP contribution in [-0.2, 0) is 4.79 Å². The molecule has 0 aromatic heterocycles. The Morgan fingerprint density at radius 2 is 1.66 bits per heavy atom. The molecule has 0 bridgehead atoms. The fourth-order valence-electron chi connectivity index (χ4n) is 3.61. The zero-order valence-electron chi connectivity index (χ0n) is 16.6.